The fourth-order valence-corrected chi connectivity index (χ4v) is 1.79. The standard InChI is InChI=1S/C12H18O3/c1-9(2)8-10(4-3-7-13)11-5-6-12(14)15-11/h7-9,11H,3-6H2,1-2H3/b10-8+. The number of carbonyl (C=O) groups is 2. The topological polar surface area (TPSA) is 43.4 Å². The molecule has 3 nitrogen and oxygen atoms in total. The Morgan fingerprint density at radius 3 is 2.80 bits per heavy atom. The van der Waals surface area contributed by atoms with Crippen LogP contribution in [-0.2, 0) is 14.3 Å². The predicted molar refractivity (Wildman–Crippen MR) is 57.3 cm³/mol. The molecule has 1 saturated heterocycles. The van der Waals surface area contributed by atoms with Crippen LogP contribution in [0.4, 0.5) is 0 Å². The molecule has 1 fully saturated rings. The highest BCUT2D eigenvalue weighted by atomic mass is 16.5. The lowest BCUT2D eigenvalue weighted by Crippen LogP contribution is -2.11. The monoisotopic (exact) mass is 210 g/mol. The van der Waals surface area contributed by atoms with Crippen molar-refractivity contribution in [1.82, 2.24) is 0 Å². The summed E-state index contributed by atoms with van der Waals surface area (Å²) >= 11 is 0. The van der Waals surface area contributed by atoms with Gasteiger partial charge < -0.3 is 9.53 Å². The molecule has 0 aromatic carbocycles. The SMILES string of the molecule is CC(C)/C=C(\CCC=O)C1CCC(=O)O1. The highest BCUT2D eigenvalue weighted by Gasteiger charge is 2.26. The average molecular weight is 210 g/mol. The van der Waals surface area contributed by atoms with Crippen molar-refractivity contribution in [1.29, 1.82) is 0 Å². The molecule has 1 atom stereocenters. The first kappa shape index (κ1) is 12.0. The fourth-order valence-electron chi connectivity index (χ4n) is 1.79. The second-order valence-corrected chi connectivity index (χ2v) is 4.21. The lowest BCUT2D eigenvalue weighted by atomic mass is 9.98. The molecule has 0 aromatic rings. The summed E-state index contributed by atoms with van der Waals surface area (Å²) < 4.78 is 5.20. The van der Waals surface area contributed by atoms with Gasteiger partial charge in [0.05, 0.1) is 0 Å². The molecule has 3 heteroatoms. The minimum atomic E-state index is -0.124. The van der Waals surface area contributed by atoms with Crippen LogP contribution >= 0.6 is 0 Å². The third-order valence-corrected chi connectivity index (χ3v) is 2.40. The van der Waals surface area contributed by atoms with Gasteiger partial charge in [0, 0.05) is 12.8 Å². The number of ether oxygens (including phenoxy) is 1. The van der Waals surface area contributed by atoms with E-state index in [4.69, 9.17) is 4.74 Å². The molecule has 1 aliphatic rings. The first-order valence-electron chi connectivity index (χ1n) is 5.47. The first-order chi connectivity index (χ1) is 7.13. The molecular formula is C12H18O3. The van der Waals surface area contributed by atoms with Crippen LogP contribution < -0.4 is 0 Å². The molecule has 1 unspecified atom stereocenters. The Labute approximate surface area is 90.5 Å². The minimum Gasteiger partial charge on any atom is -0.458 e. The number of aldehydes is 1. The molecule has 0 N–H and O–H groups in total. The Morgan fingerprint density at radius 1 is 1.60 bits per heavy atom. The van der Waals surface area contributed by atoms with Gasteiger partial charge in [-0.25, -0.2) is 0 Å². The normalized spacial score (nSPS) is 21.9. The van der Waals surface area contributed by atoms with E-state index in [-0.39, 0.29) is 12.1 Å². The first-order valence-corrected chi connectivity index (χ1v) is 5.47. The zero-order chi connectivity index (χ0) is 11.3. The lowest BCUT2D eigenvalue weighted by molar-refractivity contribution is -0.140. The van der Waals surface area contributed by atoms with Gasteiger partial charge in [-0.1, -0.05) is 19.9 Å². The van der Waals surface area contributed by atoms with E-state index in [1.54, 1.807) is 0 Å². The van der Waals surface area contributed by atoms with Crippen LogP contribution in [0, 0.1) is 5.92 Å². The van der Waals surface area contributed by atoms with Gasteiger partial charge in [0.15, 0.2) is 0 Å². The Balaban J connectivity index is 2.63. The summed E-state index contributed by atoms with van der Waals surface area (Å²) in [6, 6.07) is 0. The molecule has 0 bridgehead atoms. The smallest absolute Gasteiger partial charge is 0.306 e. The molecule has 0 aliphatic carbocycles. The lowest BCUT2D eigenvalue weighted by Gasteiger charge is -2.14. The number of allylic oxidation sites excluding steroid dienone is 1. The number of rotatable bonds is 5. The predicted octanol–water partition coefficient (Wildman–Crippen LogP) is 2.25. The van der Waals surface area contributed by atoms with Crippen LogP contribution in [0.15, 0.2) is 11.6 Å². The summed E-state index contributed by atoms with van der Waals surface area (Å²) in [6.07, 6.45) is 5.40. The number of hydrogen-bond donors (Lipinski definition) is 0. The Hall–Kier alpha value is -1.12. The minimum absolute atomic E-state index is 0.0835. The molecule has 1 rings (SSSR count). The van der Waals surface area contributed by atoms with E-state index in [0.717, 1.165) is 18.3 Å². The molecule has 0 amide bonds. The van der Waals surface area contributed by atoms with E-state index in [0.29, 0.717) is 25.2 Å². The average Bonchev–Trinajstić information content (AvgIpc) is 2.58. The quantitative estimate of drug-likeness (QED) is 0.397. The van der Waals surface area contributed by atoms with E-state index in [9.17, 15) is 9.59 Å². The molecule has 0 saturated carbocycles. The van der Waals surface area contributed by atoms with Gasteiger partial charge in [0.2, 0.25) is 0 Å². The van der Waals surface area contributed by atoms with Gasteiger partial charge in [-0.3, -0.25) is 4.79 Å². The summed E-state index contributed by atoms with van der Waals surface area (Å²) in [7, 11) is 0. The molecular weight excluding hydrogens is 192 g/mol. The summed E-state index contributed by atoms with van der Waals surface area (Å²) in [6.45, 7) is 4.16. The number of carbonyl (C=O) groups excluding carboxylic acids is 2. The van der Waals surface area contributed by atoms with Crippen molar-refractivity contribution in [3.63, 3.8) is 0 Å². The van der Waals surface area contributed by atoms with Crippen LogP contribution in [0.3, 0.4) is 0 Å². The maximum Gasteiger partial charge on any atom is 0.306 e. The number of hydrogen-bond acceptors (Lipinski definition) is 3. The number of cyclic esters (lactones) is 1. The van der Waals surface area contributed by atoms with Gasteiger partial charge in [-0.05, 0) is 24.3 Å². The van der Waals surface area contributed by atoms with E-state index in [2.05, 4.69) is 19.9 Å². The maximum absolute atomic E-state index is 11.0. The number of esters is 1. The molecule has 0 spiro atoms. The summed E-state index contributed by atoms with van der Waals surface area (Å²) in [5, 5.41) is 0. The van der Waals surface area contributed by atoms with Crippen molar-refractivity contribution < 1.29 is 14.3 Å². The molecule has 1 heterocycles. The zero-order valence-corrected chi connectivity index (χ0v) is 9.36. The maximum atomic E-state index is 11.0. The Kier molecular flexibility index (Phi) is 4.53. The molecule has 15 heavy (non-hydrogen) atoms. The zero-order valence-electron chi connectivity index (χ0n) is 9.36. The van der Waals surface area contributed by atoms with Crippen LogP contribution in [-0.4, -0.2) is 18.4 Å². The van der Waals surface area contributed by atoms with E-state index >= 15 is 0 Å². The van der Waals surface area contributed by atoms with Crippen molar-refractivity contribution in [3.8, 4) is 0 Å². The molecule has 84 valence electrons. The van der Waals surface area contributed by atoms with E-state index < -0.39 is 0 Å². The third kappa shape index (κ3) is 3.86. The van der Waals surface area contributed by atoms with Gasteiger partial charge in [-0.2, -0.15) is 0 Å². The van der Waals surface area contributed by atoms with Crippen molar-refractivity contribution in [2.45, 2.75) is 45.6 Å². The van der Waals surface area contributed by atoms with Crippen LogP contribution in [0.1, 0.15) is 39.5 Å². The Morgan fingerprint density at radius 2 is 2.33 bits per heavy atom. The van der Waals surface area contributed by atoms with Gasteiger partial charge in [-0.15, -0.1) is 0 Å². The summed E-state index contributed by atoms with van der Waals surface area (Å²) in [5.74, 6) is 0.298. The van der Waals surface area contributed by atoms with Crippen LogP contribution in [0.5, 0.6) is 0 Å². The van der Waals surface area contributed by atoms with Crippen molar-refractivity contribution >= 4 is 12.3 Å². The van der Waals surface area contributed by atoms with Gasteiger partial charge in [0.1, 0.15) is 12.4 Å². The second kappa shape index (κ2) is 5.69. The summed E-state index contributed by atoms with van der Waals surface area (Å²) in [4.78, 5) is 21.3. The largest absolute Gasteiger partial charge is 0.458 e. The van der Waals surface area contributed by atoms with Gasteiger partial charge >= 0.3 is 5.97 Å². The third-order valence-electron chi connectivity index (χ3n) is 2.40. The van der Waals surface area contributed by atoms with E-state index in [1.807, 2.05) is 0 Å². The highest BCUT2D eigenvalue weighted by molar-refractivity contribution is 5.72. The van der Waals surface area contributed by atoms with Crippen LogP contribution in [0.25, 0.3) is 0 Å². The molecule has 0 aromatic heterocycles. The van der Waals surface area contributed by atoms with Crippen molar-refractivity contribution in [2.75, 3.05) is 0 Å². The van der Waals surface area contributed by atoms with Crippen LogP contribution in [0.2, 0.25) is 0 Å². The Bertz CT molecular complexity index is 266. The fraction of sp³-hybridized carbons (Fsp3) is 0.667. The van der Waals surface area contributed by atoms with Crippen molar-refractivity contribution in [3.05, 3.63) is 11.6 Å². The second-order valence-electron chi connectivity index (χ2n) is 4.21. The molecule has 0 radical (unpaired) electrons. The van der Waals surface area contributed by atoms with Crippen molar-refractivity contribution in [2.24, 2.45) is 5.92 Å². The highest BCUT2D eigenvalue weighted by Crippen LogP contribution is 2.25. The van der Waals surface area contributed by atoms with E-state index in [1.165, 1.54) is 0 Å². The molecule has 1 aliphatic heterocycles. The van der Waals surface area contributed by atoms with Gasteiger partial charge in [0.25, 0.3) is 0 Å². The summed E-state index contributed by atoms with van der Waals surface area (Å²) in [5.41, 5.74) is 1.10.